The van der Waals surface area contributed by atoms with Crippen LogP contribution in [0.3, 0.4) is 0 Å². The van der Waals surface area contributed by atoms with Crippen LogP contribution in [0, 0.1) is 5.92 Å². The van der Waals surface area contributed by atoms with Gasteiger partial charge < -0.3 is 19.8 Å². The van der Waals surface area contributed by atoms with Crippen LogP contribution in [-0.2, 0) is 9.59 Å². The van der Waals surface area contributed by atoms with Crippen molar-refractivity contribution >= 4 is 11.9 Å². The number of hydrogen-bond donors (Lipinski definition) is 2. The molecule has 0 saturated carbocycles. The molecule has 0 aromatic heterocycles. The van der Waals surface area contributed by atoms with Gasteiger partial charge in [-0.05, 0) is 37.6 Å². The number of aliphatic carboxylic acids is 1. The second kappa shape index (κ2) is 8.05. The lowest BCUT2D eigenvalue weighted by Crippen LogP contribution is -2.48. The number of carbonyl (C=O) groups is 2. The van der Waals surface area contributed by atoms with Crippen LogP contribution < -0.4 is 4.74 Å². The maximum Gasteiger partial charge on any atom is 0.324 e. The van der Waals surface area contributed by atoms with Gasteiger partial charge in [-0.15, -0.1) is 0 Å². The second-order valence-electron chi connectivity index (χ2n) is 6.81. The van der Waals surface area contributed by atoms with Gasteiger partial charge in [0.05, 0.1) is 19.6 Å². The molecule has 1 aliphatic heterocycles. The van der Waals surface area contributed by atoms with Crippen LogP contribution in [0.25, 0.3) is 0 Å². The Balaban J connectivity index is 2.47. The molecule has 0 aliphatic carbocycles. The molecule has 1 aromatic carbocycles. The van der Waals surface area contributed by atoms with Crippen molar-refractivity contribution in [2.45, 2.75) is 31.3 Å². The predicted molar refractivity (Wildman–Crippen MR) is 97.0 cm³/mol. The molecule has 7 heteroatoms. The first-order valence-electron chi connectivity index (χ1n) is 8.78. The highest BCUT2D eigenvalue weighted by Gasteiger charge is 2.56. The number of likely N-dealkylation sites (N-methyl/N-ethyl adjacent to an activating group) is 2. The maximum absolute atomic E-state index is 13.0. The van der Waals surface area contributed by atoms with Crippen molar-refractivity contribution in [3.8, 4) is 5.75 Å². The molecule has 1 heterocycles. The SMILES string of the molecule is CC[C@@]1(C(=O)O)C[C@H](C(=O)N(C)CCO)[C@H](c2ccc(OC)cc2)N1C. The van der Waals surface area contributed by atoms with E-state index in [-0.39, 0.29) is 31.5 Å². The van der Waals surface area contributed by atoms with E-state index in [1.807, 2.05) is 36.1 Å². The molecule has 2 rings (SSSR count). The van der Waals surface area contributed by atoms with Crippen molar-refractivity contribution in [2.24, 2.45) is 5.92 Å². The van der Waals surface area contributed by atoms with Crippen molar-refractivity contribution in [1.29, 1.82) is 0 Å². The number of aliphatic hydroxyl groups excluding tert-OH is 1. The number of carboxylic acids is 1. The van der Waals surface area contributed by atoms with E-state index in [0.717, 1.165) is 5.56 Å². The third kappa shape index (κ3) is 3.41. The summed E-state index contributed by atoms with van der Waals surface area (Å²) in [4.78, 5) is 28.4. The molecule has 0 bridgehead atoms. The fourth-order valence-corrected chi connectivity index (χ4v) is 3.96. The van der Waals surface area contributed by atoms with Crippen LogP contribution in [0.15, 0.2) is 24.3 Å². The smallest absolute Gasteiger partial charge is 0.324 e. The Morgan fingerprint density at radius 3 is 2.42 bits per heavy atom. The molecule has 0 unspecified atom stereocenters. The lowest BCUT2D eigenvalue weighted by molar-refractivity contribution is -0.150. The summed E-state index contributed by atoms with van der Waals surface area (Å²) in [5.41, 5.74) is -0.217. The third-order valence-electron chi connectivity index (χ3n) is 5.60. The van der Waals surface area contributed by atoms with Gasteiger partial charge in [0.1, 0.15) is 11.3 Å². The van der Waals surface area contributed by atoms with E-state index in [2.05, 4.69) is 0 Å². The van der Waals surface area contributed by atoms with Crippen molar-refractivity contribution < 1.29 is 24.5 Å². The van der Waals surface area contributed by atoms with Gasteiger partial charge >= 0.3 is 5.97 Å². The molecule has 144 valence electrons. The van der Waals surface area contributed by atoms with Gasteiger partial charge in [-0.1, -0.05) is 19.1 Å². The molecule has 3 atom stereocenters. The van der Waals surface area contributed by atoms with Crippen LogP contribution in [0.2, 0.25) is 0 Å². The number of aliphatic hydroxyl groups is 1. The Morgan fingerprint density at radius 2 is 1.96 bits per heavy atom. The van der Waals surface area contributed by atoms with Crippen LogP contribution in [0.4, 0.5) is 0 Å². The molecular weight excluding hydrogens is 336 g/mol. The summed E-state index contributed by atoms with van der Waals surface area (Å²) in [6.45, 7) is 1.93. The standard InChI is InChI=1S/C19H28N2O5/c1-5-19(18(24)25)12-15(17(23)20(2)10-11-22)16(21(19)3)13-6-8-14(26-4)9-7-13/h6-9,15-16,22H,5,10-12H2,1-4H3,(H,24,25)/t15-,16-,19-/m0/s1. The summed E-state index contributed by atoms with van der Waals surface area (Å²) in [5, 5.41) is 19.0. The minimum Gasteiger partial charge on any atom is -0.497 e. The van der Waals surface area contributed by atoms with Gasteiger partial charge in [0.15, 0.2) is 0 Å². The van der Waals surface area contributed by atoms with E-state index >= 15 is 0 Å². The lowest BCUT2D eigenvalue weighted by atomic mass is 9.86. The lowest BCUT2D eigenvalue weighted by Gasteiger charge is -2.34. The Labute approximate surface area is 154 Å². The highest BCUT2D eigenvalue weighted by atomic mass is 16.5. The fraction of sp³-hybridized carbons (Fsp3) is 0.579. The summed E-state index contributed by atoms with van der Waals surface area (Å²) in [5.74, 6) is -0.861. The molecule has 2 N–H and O–H groups in total. The molecule has 0 spiro atoms. The van der Waals surface area contributed by atoms with E-state index in [1.54, 1.807) is 21.2 Å². The number of rotatable bonds is 7. The average molecular weight is 364 g/mol. The van der Waals surface area contributed by atoms with E-state index < -0.39 is 17.4 Å². The van der Waals surface area contributed by atoms with Gasteiger partial charge in [-0.25, -0.2) is 0 Å². The monoisotopic (exact) mass is 364 g/mol. The van der Waals surface area contributed by atoms with Crippen LogP contribution in [-0.4, -0.2) is 71.8 Å². The molecule has 7 nitrogen and oxygen atoms in total. The van der Waals surface area contributed by atoms with E-state index in [4.69, 9.17) is 9.84 Å². The summed E-state index contributed by atoms with van der Waals surface area (Å²) >= 11 is 0. The highest BCUT2D eigenvalue weighted by molar-refractivity contribution is 5.85. The van der Waals surface area contributed by atoms with E-state index in [1.165, 1.54) is 4.90 Å². The van der Waals surface area contributed by atoms with Gasteiger partial charge in [0, 0.05) is 19.6 Å². The minimum absolute atomic E-state index is 0.129. The first-order valence-corrected chi connectivity index (χ1v) is 8.78. The number of carbonyl (C=O) groups excluding carboxylic acids is 1. The highest BCUT2D eigenvalue weighted by Crippen LogP contribution is 2.48. The molecule has 0 radical (unpaired) electrons. The number of amides is 1. The first kappa shape index (κ1) is 20.2. The Morgan fingerprint density at radius 1 is 1.35 bits per heavy atom. The number of benzene rings is 1. The molecule has 1 fully saturated rings. The summed E-state index contributed by atoms with van der Waals surface area (Å²) in [6.07, 6.45) is 0.639. The largest absolute Gasteiger partial charge is 0.497 e. The van der Waals surface area contributed by atoms with Crippen LogP contribution in [0.5, 0.6) is 5.75 Å². The topological polar surface area (TPSA) is 90.3 Å². The zero-order valence-corrected chi connectivity index (χ0v) is 15.8. The molecule has 1 aromatic rings. The summed E-state index contributed by atoms with van der Waals surface area (Å²) < 4.78 is 5.19. The molecule has 1 amide bonds. The van der Waals surface area contributed by atoms with Crippen LogP contribution >= 0.6 is 0 Å². The number of methoxy groups -OCH3 is 1. The average Bonchev–Trinajstić information content (AvgIpc) is 2.95. The number of nitrogens with zero attached hydrogens (tertiary/aromatic N) is 2. The normalized spacial score (nSPS) is 25.9. The second-order valence-corrected chi connectivity index (χ2v) is 6.81. The maximum atomic E-state index is 13.0. The van der Waals surface area contributed by atoms with E-state index in [9.17, 15) is 14.7 Å². The van der Waals surface area contributed by atoms with Gasteiger partial charge in [-0.2, -0.15) is 0 Å². The minimum atomic E-state index is -1.09. The number of ether oxygens (including phenoxy) is 1. The van der Waals surface area contributed by atoms with Gasteiger partial charge in [-0.3, -0.25) is 14.5 Å². The number of hydrogen-bond acceptors (Lipinski definition) is 5. The van der Waals surface area contributed by atoms with E-state index in [0.29, 0.717) is 12.2 Å². The van der Waals surface area contributed by atoms with Crippen LogP contribution in [0.1, 0.15) is 31.4 Å². The first-order chi connectivity index (χ1) is 12.3. The van der Waals surface area contributed by atoms with Crippen molar-refractivity contribution in [3.05, 3.63) is 29.8 Å². The molecule has 26 heavy (non-hydrogen) atoms. The number of carboxylic acid groups (broad SMARTS) is 1. The van der Waals surface area contributed by atoms with Gasteiger partial charge in [0.2, 0.25) is 5.91 Å². The Kier molecular flexibility index (Phi) is 6.26. The van der Waals surface area contributed by atoms with Crippen molar-refractivity contribution in [1.82, 2.24) is 9.80 Å². The fourth-order valence-electron chi connectivity index (χ4n) is 3.96. The zero-order valence-electron chi connectivity index (χ0n) is 15.8. The third-order valence-corrected chi connectivity index (χ3v) is 5.60. The predicted octanol–water partition coefficient (Wildman–Crippen LogP) is 1.37. The summed E-state index contributed by atoms with van der Waals surface area (Å²) in [7, 11) is 4.99. The molecule has 1 saturated heterocycles. The number of likely N-dealkylation sites (tertiary alicyclic amines) is 1. The zero-order chi connectivity index (χ0) is 19.5. The van der Waals surface area contributed by atoms with Gasteiger partial charge in [0.25, 0.3) is 0 Å². The van der Waals surface area contributed by atoms with Crippen molar-refractivity contribution in [2.75, 3.05) is 34.4 Å². The quantitative estimate of drug-likeness (QED) is 0.760. The molecule has 1 aliphatic rings. The van der Waals surface area contributed by atoms with Crippen molar-refractivity contribution in [3.63, 3.8) is 0 Å². The Bertz CT molecular complexity index is 648. The Hall–Kier alpha value is -2.12. The summed E-state index contributed by atoms with van der Waals surface area (Å²) in [6, 6.07) is 7.02. The molecular formula is C19H28N2O5.